The predicted octanol–water partition coefficient (Wildman–Crippen LogP) is 2.60. The summed E-state index contributed by atoms with van der Waals surface area (Å²) in [6, 6.07) is 6.26. The number of nitrogens with zero attached hydrogens (tertiary/aromatic N) is 3. The second-order valence-electron chi connectivity index (χ2n) is 5.36. The van der Waals surface area contributed by atoms with Crippen molar-refractivity contribution in [3.05, 3.63) is 48.2 Å². The molecular weight excluding hydrogens is 296 g/mol. The van der Waals surface area contributed by atoms with Gasteiger partial charge >= 0.3 is 6.03 Å². The molecule has 0 fully saturated rings. The maximum absolute atomic E-state index is 12.3. The molecule has 0 aliphatic carbocycles. The number of carbonyl (C=O) groups is 2. The number of urea groups is 1. The number of aromatic nitrogens is 1. The first kappa shape index (κ1) is 16.5. The highest BCUT2D eigenvalue weighted by molar-refractivity contribution is 5.95. The molecule has 0 saturated heterocycles. The van der Waals surface area contributed by atoms with Crippen molar-refractivity contribution in [2.45, 2.75) is 13.0 Å². The lowest BCUT2D eigenvalue weighted by atomic mass is 10.2. The normalized spacial score (nSPS) is 11.7. The zero-order chi connectivity index (χ0) is 17.0. The summed E-state index contributed by atoms with van der Waals surface area (Å²) in [6.45, 7) is 1.87. The van der Waals surface area contributed by atoms with E-state index >= 15 is 0 Å². The molecule has 7 heteroatoms. The fourth-order valence-corrected chi connectivity index (χ4v) is 1.96. The molecule has 3 amide bonds. The van der Waals surface area contributed by atoms with Crippen LogP contribution in [0.15, 0.2) is 41.1 Å². The van der Waals surface area contributed by atoms with Gasteiger partial charge in [-0.25, -0.2) is 4.79 Å². The molecule has 0 saturated carbocycles. The van der Waals surface area contributed by atoms with Gasteiger partial charge in [-0.2, -0.15) is 0 Å². The molecule has 7 nitrogen and oxygen atoms in total. The van der Waals surface area contributed by atoms with E-state index < -0.39 is 0 Å². The molecule has 2 heterocycles. The lowest BCUT2D eigenvalue weighted by molar-refractivity contribution is 0.0822. The summed E-state index contributed by atoms with van der Waals surface area (Å²) in [6.07, 6.45) is 3.06. The van der Waals surface area contributed by atoms with E-state index in [2.05, 4.69) is 10.3 Å². The van der Waals surface area contributed by atoms with Crippen LogP contribution in [0.4, 0.5) is 10.5 Å². The van der Waals surface area contributed by atoms with Crippen LogP contribution < -0.4 is 5.32 Å². The summed E-state index contributed by atoms with van der Waals surface area (Å²) in [5.74, 6) is 0.472. The van der Waals surface area contributed by atoms with Crippen LogP contribution in [-0.4, -0.2) is 47.9 Å². The Morgan fingerprint density at radius 2 is 2.00 bits per heavy atom. The van der Waals surface area contributed by atoms with Gasteiger partial charge in [0.15, 0.2) is 0 Å². The van der Waals surface area contributed by atoms with Gasteiger partial charge in [0.05, 0.1) is 12.3 Å². The van der Waals surface area contributed by atoms with Crippen LogP contribution in [0.5, 0.6) is 0 Å². The van der Waals surface area contributed by atoms with Crippen LogP contribution in [0.1, 0.15) is 29.2 Å². The van der Waals surface area contributed by atoms with Crippen LogP contribution in [0.25, 0.3) is 0 Å². The predicted molar refractivity (Wildman–Crippen MR) is 86.2 cm³/mol. The van der Waals surface area contributed by atoms with Gasteiger partial charge in [-0.3, -0.25) is 9.78 Å². The lowest BCUT2D eigenvalue weighted by Gasteiger charge is -2.23. The SMILES string of the molecule is C[C@@H](c1ccco1)N(C)C(=O)Nc1ccnc(C(=O)N(C)C)c1. The maximum Gasteiger partial charge on any atom is 0.322 e. The Labute approximate surface area is 134 Å². The topological polar surface area (TPSA) is 78.7 Å². The summed E-state index contributed by atoms with van der Waals surface area (Å²) >= 11 is 0. The molecular formula is C16H20N4O3. The Morgan fingerprint density at radius 3 is 2.61 bits per heavy atom. The van der Waals surface area contributed by atoms with Crippen LogP contribution in [-0.2, 0) is 0 Å². The smallest absolute Gasteiger partial charge is 0.322 e. The number of anilines is 1. The number of hydrogen-bond acceptors (Lipinski definition) is 4. The first-order valence-corrected chi connectivity index (χ1v) is 7.15. The van der Waals surface area contributed by atoms with E-state index in [-0.39, 0.29) is 23.7 Å². The standard InChI is InChI=1S/C16H20N4O3/c1-11(14-6-5-9-23-14)20(4)16(22)18-12-7-8-17-13(10-12)15(21)19(2)3/h5-11H,1-4H3,(H,17,18,22)/t11-/m0/s1. The minimum atomic E-state index is -0.302. The molecule has 2 rings (SSSR count). The van der Waals surface area contributed by atoms with E-state index in [0.29, 0.717) is 11.4 Å². The third-order valence-electron chi connectivity index (χ3n) is 3.49. The Balaban J connectivity index is 2.08. The number of rotatable bonds is 4. The van der Waals surface area contributed by atoms with Crippen molar-refractivity contribution in [1.29, 1.82) is 0 Å². The summed E-state index contributed by atoms with van der Waals surface area (Å²) in [5, 5.41) is 2.75. The van der Waals surface area contributed by atoms with Crippen LogP contribution in [0.2, 0.25) is 0 Å². The first-order chi connectivity index (χ1) is 10.9. The second-order valence-corrected chi connectivity index (χ2v) is 5.36. The maximum atomic E-state index is 12.3. The van der Waals surface area contributed by atoms with Gasteiger partial charge in [0.2, 0.25) is 0 Å². The van der Waals surface area contributed by atoms with Gasteiger partial charge in [-0.1, -0.05) is 0 Å². The number of nitrogens with one attached hydrogen (secondary N) is 1. The number of carbonyl (C=O) groups excluding carboxylic acids is 2. The van der Waals surface area contributed by atoms with Crippen molar-refractivity contribution in [3.8, 4) is 0 Å². The molecule has 23 heavy (non-hydrogen) atoms. The molecule has 0 aliphatic rings. The molecule has 1 atom stereocenters. The molecule has 122 valence electrons. The highest BCUT2D eigenvalue weighted by atomic mass is 16.3. The number of pyridine rings is 1. The average molecular weight is 316 g/mol. The summed E-state index contributed by atoms with van der Waals surface area (Å²) < 4.78 is 5.31. The Hall–Kier alpha value is -2.83. The van der Waals surface area contributed by atoms with Gasteiger partial charge < -0.3 is 19.5 Å². The van der Waals surface area contributed by atoms with Gasteiger partial charge in [0, 0.05) is 33.0 Å². The average Bonchev–Trinajstić information content (AvgIpc) is 3.07. The molecule has 0 radical (unpaired) electrons. The Morgan fingerprint density at radius 1 is 1.26 bits per heavy atom. The fraction of sp³-hybridized carbons (Fsp3) is 0.312. The van der Waals surface area contributed by atoms with E-state index in [1.807, 2.05) is 13.0 Å². The zero-order valence-electron chi connectivity index (χ0n) is 13.6. The van der Waals surface area contributed by atoms with Crippen LogP contribution in [0.3, 0.4) is 0 Å². The molecule has 0 bridgehead atoms. The number of hydrogen-bond donors (Lipinski definition) is 1. The van der Waals surface area contributed by atoms with Crippen molar-refractivity contribution >= 4 is 17.6 Å². The minimum Gasteiger partial charge on any atom is -0.467 e. The highest BCUT2D eigenvalue weighted by Crippen LogP contribution is 2.20. The van der Waals surface area contributed by atoms with Gasteiger partial charge in [-0.05, 0) is 31.2 Å². The van der Waals surface area contributed by atoms with Gasteiger partial charge in [0.1, 0.15) is 11.5 Å². The van der Waals surface area contributed by atoms with E-state index in [9.17, 15) is 9.59 Å². The number of furan rings is 1. The minimum absolute atomic E-state index is 0.213. The summed E-state index contributed by atoms with van der Waals surface area (Å²) in [4.78, 5) is 31.2. The van der Waals surface area contributed by atoms with E-state index in [1.165, 1.54) is 16.0 Å². The molecule has 0 aromatic carbocycles. The monoisotopic (exact) mass is 316 g/mol. The highest BCUT2D eigenvalue weighted by Gasteiger charge is 2.20. The molecule has 2 aromatic rings. The van der Waals surface area contributed by atoms with Crippen molar-refractivity contribution < 1.29 is 14.0 Å². The Kier molecular flexibility index (Phi) is 5.00. The molecule has 0 unspecified atom stereocenters. The summed E-state index contributed by atoms with van der Waals surface area (Å²) in [7, 11) is 4.97. The van der Waals surface area contributed by atoms with Crippen molar-refractivity contribution in [2.24, 2.45) is 0 Å². The molecule has 0 aliphatic heterocycles. The quantitative estimate of drug-likeness (QED) is 0.940. The van der Waals surface area contributed by atoms with Crippen molar-refractivity contribution in [3.63, 3.8) is 0 Å². The second kappa shape index (κ2) is 6.95. The van der Waals surface area contributed by atoms with Crippen molar-refractivity contribution in [1.82, 2.24) is 14.8 Å². The molecule has 0 spiro atoms. The van der Waals surface area contributed by atoms with Gasteiger partial charge in [-0.15, -0.1) is 0 Å². The third kappa shape index (κ3) is 3.88. The van der Waals surface area contributed by atoms with Gasteiger partial charge in [0.25, 0.3) is 5.91 Å². The van der Waals surface area contributed by atoms with Crippen LogP contribution >= 0.6 is 0 Å². The number of amides is 3. The zero-order valence-corrected chi connectivity index (χ0v) is 13.6. The Bertz CT molecular complexity index is 682. The lowest BCUT2D eigenvalue weighted by Crippen LogP contribution is -2.33. The van der Waals surface area contributed by atoms with E-state index in [1.54, 1.807) is 45.6 Å². The molecule has 2 aromatic heterocycles. The summed E-state index contributed by atoms with van der Waals surface area (Å²) in [5.41, 5.74) is 0.781. The largest absolute Gasteiger partial charge is 0.467 e. The van der Waals surface area contributed by atoms with E-state index in [4.69, 9.17) is 4.42 Å². The van der Waals surface area contributed by atoms with Crippen molar-refractivity contribution in [2.75, 3.05) is 26.5 Å². The van der Waals surface area contributed by atoms with E-state index in [0.717, 1.165) is 0 Å². The third-order valence-corrected chi connectivity index (χ3v) is 3.49. The molecule has 1 N–H and O–H groups in total. The first-order valence-electron chi connectivity index (χ1n) is 7.15. The fourth-order valence-electron chi connectivity index (χ4n) is 1.96. The van der Waals surface area contributed by atoms with Crippen LogP contribution in [0, 0.1) is 0 Å².